The number of methoxy groups -OCH3 is 1. The third-order valence-corrected chi connectivity index (χ3v) is 8.84. The molecule has 0 radical (unpaired) electrons. The maximum Gasteiger partial charge on any atom is 0.337 e. The molecule has 1 aliphatic carbocycles. The second-order valence-electron chi connectivity index (χ2n) is 10.2. The molecule has 5 rings (SSSR count). The third-order valence-electron chi connectivity index (χ3n) is 7.04. The molecule has 0 atom stereocenters. The fourth-order valence-electron chi connectivity index (χ4n) is 4.88. The predicted octanol–water partition coefficient (Wildman–Crippen LogP) is 4.91. The molecule has 3 aromatic carbocycles. The van der Waals surface area contributed by atoms with Crippen molar-refractivity contribution < 1.29 is 31.8 Å². The van der Waals surface area contributed by atoms with Crippen molar-refractivity contribution in [2.45, 2.75) is 37.7 Å². The first-order valence-electron chi connectivity index (χ1n) is 12.5. The van der Waals surface area contributed by atoms with E-state index in [-0.39, 0.29) is 18.0 Å². The molecule has 2 aliphatic rings. The van der Waals surface area contributed by atoms with Crippen molar-refractivity contribution in [1.82, 2.24) is 0 Å². The van der Waals surface area contributed by atoms with Crippen LogP contribution in [0.4, 0.5) is 10.1 Å². The van der Waals surface area contributed by atoms with E-state index >= 15 is 0 Å². The Hall–Kier alpha value is -3.43. The molecule has 9 heteroatoms. The lowest BCUT2D eigenvalue weighted by Gasteiger charge is -2.42. The van der Waals surface area contributed by atoms with Crippen molar-refractivity contribution in [3.63, 3.8) is 0 Å². The van der Waals surface area contributed by atoms with E-state index in [1.165, 1.54) is 29.6 Å². The molecular formula is C29H30FNO6S. The van der Waals surface area contributed by atoms with Crippen LogP contribution in [0.2, 0.25) is 0 Å². The number of carbonyl (C=O) groups excluding carboxylic acids is 1. The molecule has 200 valence electrons. The summed E-state index contributed by atoms with van der Waals surface area (Å²) in [7, 11) is -2.94. The normalized spacial score (nSPS) is 15.9. The zero-order chi connectivity index (χ0) is 26.9. The Morgan fingerprint density at radius 1 is 1.05 bits per heavy atom. The van der Waals surface area contributed by atoms with Crippen molar-refractivity contribution in [2.75, 3.05) is 31.2 Å². The van der Waals surface area contributed by atoms with E-state index in [2.05, 4.69) is 0 Å². The smallest absolute Gasteiger partial charge is 0.337 e. The molecule has 3 aromatic rings. The largest absolute Gasteiger partial charge is 0.487 e. The van der Waals surface area contributed by atoms with E-state index in [9.17, 15) is 17.6 Å². The predicted molar refractivity (Wildman–Crippen MR) is 140 cm³/mol. The highest BCUT2D eigenvalue weighted by Crippen LogP contribution is 2.41. The number of halogens is 1. The van der Waals surface area contributed by atoms with Crippen LogP contribution in [0.1, 0.15) is 40.4 Å². The highest BCUT2D eigenvalue weighted by atomic mass is 32.2. The zero-order valence-corrected chi connectivity index (χ0v) is 22.2. The first-order valence-corrected chi connectivity index (χ1v) is 14.0. The number of anilines is 1. The molecular weight excluding hydrogens is 509 g/mol. The molecule has 0 aromatic heterocycles. The molecule has 0 bridgehead atoms. The van der Waals surface area contributed by atoms with Gasteiger partial charge in [0.25, 0.3) is 10.0 Å². The van der Waals surface area contributed by atoms with Crippen molar-refractivity contribution in [1.29, 1.82) is 0 Å². The molecule has 0 unspecified atom stereocenters. The number of nitrogens with zero attached hydrogens (tertiary/aromatic N) is 1. The average Bonchev–Trinajstić information content (AvgIpc) is 3.36. The molecule has 7 nitrogen and oxygen atoms in total. The summed E-state index contributed by atoms with van der Waals surface area (Å²) >= 11 is 0. The number of hydrogen-bond donors (Lipinski definition) is 0. The van der Waals surface area contributed by atoms with Gasteiger partial charge in [-0.25, -0.2) is 17.6 Å². The van der Waals surface area contributed by atoms with Crippen molar-refractivity contribution in [3.05, 3.63) is 88.7 Å². The number of hydrogen-bond acceptors (Lipinski definition) is 6. The lowest BCUT2D eigenvalue weighted by molar-refractivity contribution is -0.0941. The SMILES string of the molecule is COC(=O)c1ccc(COc2cc3c(cc2N(CC2(C)COC2)S(=O)(=O)c2ccccc2F)CCC3)cc1. The van der Waals surface area contributed by atoms with Crippen LogP contribution in [0.5, 0.6) is 5.75 Å². The first-order chi connectivity index (χ1) is 18.2. The van der Waals surface area contributed by atoms with Gasteiger partial charge < -0.3 is 14.2 Å². The number of rotatable bonds is 9. The van der Waals surface area contributed by atoms with Crippen LogP contribution >= 0.6 is 0 Å². The average molecular weight is 540 g/mol. The molecule has 1 saturated heterocycles. The van der Waals surface area contributed by atoms with Crippen LogP contribution < -0.4 is 9.04 Å². The molecule has 38 heavy (non-hydrogen) atoms. The minimum atomic E-state index is -4.26. The zero-order valence-electron chi connectivity index (χ0n) is 21.4. The van der Waals surface area contributed by atoms with Crippen LogP contribution in [0.15, 0.2) is 65.6 Å². The van der Waals surface area contributed by atoms with Gasteiger partial charge in [-0.3, -0.25) is 4.31 Å². The Labute approximate surface area is 222 Å². The molecule has 1 aliphatic heterocycles. The van der Waals surface area contributed by atoms with E-state index in [4.69, 9.17) is 14.2 Å². The monoisotopic (exact) mass is 539 g/mol. The second-order valence-corrected chi connectivity index (χ2v) is 12.0. The molecule has 1 heterocycles. The summed E-state index contributed by atoms with van der Waals surface area (Å²) in [5.41, 5.74) is 3.37. The van der Waals surface area contributed by atoms with Crippen LogP contribution in [-0.4, -0.2) is 41.3 Å². The summed E-state index contributed by atoms with van der Waals surface area (Å²) < 4.78 is 60.4. The van der Waals surface area contributed by atoms with Crippen LogP contribution in [0.3, 0.4) is 0 Å². The summed E-state index contributed by atoms with van der Waals surface area (Å²) in [6, 6.07) is 16.0. The number of sulfonamides is 1. The summed E-state index contributed by atoms with van der Waals surface area (Å²) in [6.07, 6.45) is 2.69. The second kappa shape index (κ2) is 10.4. The van der Waals surface area contributed by atoms with E-state index < -0.39 is 27.2 Å². The minimum Gasteiger partial charge on any atom is -0.487 e. The van der Waals surface area contributed by atoms with Gasteiger partial charge in [0.15, 0.2) is 0 Å². The Morgan fingerprint density at radius 3 is 2.37 bits per heavy atom. The molecule has 0 spiro atoms. The van der Waals surface area contributed by atoms with Crippen molar-refractivity contribution in [2.24, 2.45) is 5.41 Å². The topological polar surface area (TPSA) is 82.1 Å². The maximum atomic E-state index is 14.8. The number of ether oxygens (including phenoxy) is 3. The Kier molecular flexibility index (Phi) is 7.15. The number of esters is 1. The van der Waals surface area contributed by atoms with Gasteiger partial charge in [0.2, 0.25) is 0 Å². The Bertz CT molecular complexity index is 1450. The third kappa shape index (κ3) is 5.13. The molecule has 0 N–H and O–H groups in total. The van der Waals surface area contributed by atoms with E-state index in [0.29, 0.717) is 30.2 Å². The molecule has 1 fully saturated rings. The van der Waals surface area contributed by atoms with Gasteiger partial charge in [-0.05, 0) is 72.4 Å². The summed E-state index contributed by atoms with van der Waals surface area (Å²) in [6.45, 7) is 3.04. The van der Waals surface area contributed by atoms with Crippen LogP contribution in [-0.2, 0) is 38.9 Å². The summed E-state index contributed by atoms with van der Waals surface area (Å²) in [5, 5.41) is 0. The fourth-order valence-corrected chi connectivity index (χ4v) is 6.56. The van der Waals surface area contributed by atoms with Gasteiger partial charge in [0, 0.05) is 12.0 Å². The number of benzene rings is 3. The minimum absolute atomic E-state index is 0.118. The number of carbonyl (C=O) groups is 1. The quantitative estimate of drug-likeness (QED) is 0.360. The number of aryl methyl sites for hydroxylation is 2. The standard InChI is InChI=1S/C29H30FNO6S/c1-29(18-36-19-29)17-31(38(33,34)27-9-4-3-8-24(27)30)25-14-22-6-5-7-23(22)15-26(25)37-16-20-10-12-21(13-11-20)28(32)35-2/h3-4,8-15H,5-7,16-19H2,1-2H3. The van der Waals surface area contributed by atoms with E-state index in [0.717, 1.165) is 42.0 Å². The van der Waals surface area contributed by atoms with E-state index in [1.807, 2.05) is 19.1 Å². The Balaban J connectivity index is 1.54. The fraction of sp³-hybridized carbons (Fsp3) is 0.345. The van der Waals surface area contributed by atoms with Gasteiger partial charge in [0.05, 0.1) is 31.6 Å². The van der Waals surface area contributed by atoms with Gasteiger partial charge in [-0.15, -0.1) is 0 Å². The highest BCUT2D eigenvalue weighted by Gasteiger charge is 2.41. The Morgan fingerprint density at radius 2 is 1.74 bits per heavy atom. The van der Waals surface area contributed by atoms with Crippen LogP contribution in [0, 0.1) is 11.2 Å². The lowest BCUT2D eigenvalue weighted by Crippen LogP contribution is -2.50. The van der Waals surface area contributed by atoms with Gasteiger partial charge in [-0.1, -0.05) is 31.2 Å². The van der Waals surface area contributed by atoms with Gasteiger partial charge in [-0.2, -0.15) is 0 Å². The van der Waals surface area contributed by atoms with Crippen molar-refractivity contribution >= 4 is 21.7 Å². The van der Waals surface area contributed by atoms with Crippen LogP contribution in [0.25, 0.3) is 0 Å². The van der Waals surface area contributed by atoms with E-state index in [1.54, 1.807) is 24.3 Å². The van der Waals surface area contributed by atoms with Crippen molar-refractivity contribution in [3.8, 4) is 5.75 Å². The van der Waals surface area contributed by atoms with Gasteiger partial charge in [0.1, 0.15) is 23.1 Å². The molecule has 0 saturated carbocycles. The summed E-state index contributed by atoms with van der Waals surface area (Å²) in [5.74, 6) is -0.825. The highest BCUT2D eigenvalue weighted by molar-refractivity contribution is 7.92. The molecule has 0 amide bonds. The maximum absolute atomic E-state index is 14.8. The van der Waals surface area contributed by atoms with Gasteiger partial charge >= 0.3 is 5.97 Å². The number of fused-ring (bicyclic) bond motifs is 1. The first kappa shape index (κ1) is 26.2. The lowest BCUT2D eigenvalue weighted by atomic mass is 9.88. The summed E-state index contributed by atoms with van der Waals surface area (Å²) in [4.78, 5) is 11.4.